The molecular formula is C16H22N6O. The van der Waals surface area contributed by atoms with Crippen LogP contribution in [0.4, 0.5) is 11.7 Å². The second-order valence-corrected chi connectivity index (χ2v) is 5.88. The molecule has 1 aliphatic rings. The zero-order chi connectivity index (χ0) is 16.2. The lowest BCUT2D eigenvalue weighted by molar-refractivity contribution is 0.405. The first-order chi connectivity index (χ1) is 11.2. The molecule has 0 unspecified atom stereocenters. The minimum absolute atomic E-state index is 0.283. The Morgan fingerprint density at radius 2 is 2.13 bits per heavy atom. The van der Waals surface area contributed by atoms with Gasteiger partial charge in [-0.2, -0.15) is 4.98 Å². The van der Waals surface area contributed by atoms with E-state index < -0.39 is 0 Å². The molecule has 0 amide bonds. The summed E-state index contributed by atoms with van der Waals surface area (Å²) in [6.45, 7) is 7.72. The molecule has 0 aliphatic carbocycles. The number of anilines is 2. The lowest BCUT2D eigenvalue weighted by Gasteiger charge is -2.24. The topological polar surface area (TPSA) is 90.1 Å². The maximum Gasteiger partial charge on any atom is 0.324 e. The summed E-state index contributed by atoms with van der Waals surface area (Å²) in [6, 6.07) is 6.63. The monoisotopic (exact) mass is 314 g/mol. The van der Waals surface area contributed by atoms with Crippen LogP contribution in [-0.4, -0.2) is 48.6 Å². The number of hydrogen-bond donors (Lipinski definition) is 3. The fourth-order valence-corrected chi connectivity index (χ4v) is 2.57. The molecule has 122 valence electrons. The molecule has 0 atom stereocenters. The first kappa shape index (κ1) is 15.5. The highest BCUT2D eigenvalue weighted by Gasteiger charge is 2.18. The van der Waals surface area contributed by atoms with Gasteiger partial charge in [0.05, 0.1) is 0 Å². The van der Waals surface area contributed by atoms with Crippen LogP contribution in [0.3, 0.4) is 0 Å². The van der Waals surface area contributed by atoms with E-state index in [0.717, 1.165) is 43.0 Å². The molecule has 1 aliphatic heterocycles. The number of nitrogens with one attached hydrogen (secondary N) is 3. The van der Waals surface area contributed by atoms with Gasteiger partial charge in [0.25, 0.3) is 0 Å². The highest BCUT2D eigenvalue weighted by molar-refractivity contribution is 5.87. The van der Waals surface area contributed by atoms with Crippen LogP contribution in [0.5, 0.6) is 0 Å². The maximum atomic E-state index is 7.51. The van der Waals surface area contributed by atoms with Crippen LogP contribution in [0.15, 0.2) is 22.7 Å². The van der Waals surface area contributed by atoms with E-state index in [2.05, 4.69) is 39.5 Å². The smallest absolute Gasteiger partial charge is 0.324 e. The minimum Gasteiger partial charge on any atom is -0.382 e. The Balaban J connectivity index is 1.86. The van der Waals surface area contributed by atoms with Crippen molar-refractivity contribution in [3.8, 4) is 11.4 Å². The predicted molar refractivity (Wildman–Crippen MR) is 91.5 cm³/mol. The van der Waals surface area contributed by atoms with Gasteiger partial charge in [0.1, 0.15) is 0 Å². The summed E-state index contributed by atoms with van der Waals surface area (Å²) >= 11 is 0. The molecule has 0 radical (unpaired) electrons. The van der Waals surface area contributed by atoms with Gasteiger partial charge in [0.15, 0.2) is 0 Å². The van der Waals surface area contributed by atoms with Gasteiger partial charge in [-0.05, 0) is 19.9 Å². The lowest BCUT2D eigenvalue weighted by Crippen LogP contribution is -2.43. The molecule has 1 saturated heterocycles. The van der Waals surface area contributed by atoms with Gasteiger partial charge in [0.2, 0.25) is 5.82 Å². The zero-order valence-corrected chi connectivity index (χ0v) is 13.5. The van der Waals surface area contributed by atoms with E-state index in [4.69, 9.17) is 9.93 Å². The summed E-state index contributed by atoms with van der Waals surface area (Å²) in [7, 11) is 0. The average Bonchev–Trinajstić information content (AvgIpc) is 3.05. The van der Waals surface area contributed by atoms with Crippen molar-refractivity contribution in [1.29, 1.82) is 5.41 Å². The number of hydrogen-bond acceptors (Lipinski definition) is 7. The summed E-state index contributed by atoms with van der Waals surface area (Å²) in [5.41, 5.74) is 2.62. The largest absolute Gasteiger partial charge is 0.382 e. The molecule has 0 spiro atoms. The maximum absolute atomic E-state index is 7.51. The fraction of sp³-hybridized carbons (Fsp3) is 0.438. The number of rotatable bonds is 5. The van der Waals surface area contributed by atoms with Crippen molar-refractivity contribution in [2.24, 2.45) is 0 Å². The molecule has 0 bridgehead atoms. The second-order valence-electron chi connectivity index (χ2n) is 5.88. The Morgan fingerprint density at radius 1 is 1.35 bits per heavy atom. The zero-order valence-electron chi connectivity index (χ0n) is 13.5. The van der Waals surface area contributed by atoms with Crippen molar-refractivity contribution in [3.05, 3.63) is 23.8 Å². The van der Waals surface area contributed by atoms with Gasteiger partial charge in [-0.15, -0.1) is 0 Å². The Kier molecular flexibility index (Phi) is 4.57. The standard InChI is InChI=1S/C16H22N6O/c1-11(2)19-14-9-12(3-4-13(14)10-17)15-20-16(23-21-15)22-7-5-18-6-8-22/h3-4,9-11,17-19H,5-8H2,1-2H3. The number of nitrogens with zero attached hydrogens (tertiary/aromatic N) is 3. The minimum atomic E-state index is 0.283. The van der Waals surface area contributed by atoms with E-state index in [1.165, 1.54) is 6.21 Å². The quantitative estimate of drug-likeness (QED) is 0.731. The first-order valence-corrected chi connectivity index (χ1v) is 7.88. The molecule has 1 aromatic carbocycles. The van der Waals surface area contributed by atoms with E-state index in [9.17, 15) is 0 Å². The van der Waals surface area contributed by atoms with Crippen molar-refractivity contribution < 1.29 is 4.52 Å². The summed E-state index contributed by atoms with van der Waals surface area (Å²) in [6.07, 6.45) is 1.34. The van der Waals surface area contributed by atoms with Crippen LogP contribution in [0.2, 0.25) is 0 Å². The van der Waals surface area contributed by atoms with E-state index in [1.807, 2.05) is 18.2 Å². The fourth-order valence-electron chi connectivity index (χ4n) is 2.57. The third-order valence-electron chi connectivity index (χ3n) is 3.71. The first-order valence-electron chi connectivity index (χ1n) is 7.88. The van der Waals surface area contributed by atoms with Gasteiger partial charge in [0, 0.05) is 55.2 Å². The van der Waals surface area contributed by atoms with E-state index in [-0.39, 0.29) is 6.04 Å². The van der Waals surface area contributed by atoms with E-state index >= 15 is 0 Å². The Labute approximate surface area is 135 Å². The Morgan fingerprint density at radius 3 is 2.83 bits per heavy atom. The summed E-state index contributed by atoms with van der Waals surface area (Å²) < 4.78 is 5.41. The van der Waals surface area contributed by atoms with Gasteiger partial charge >= 0.3 is 6.01 Å². The molecular weight excluding hydrogens is 292 g/mol. The highest BCUT2D eigenvalue weighted by atomic mass is 16.5. The summed E-state index contributed by atoms with van der Waals surface area (Å²) in [4.78, 5) is 6.60. The molecule has 0 saturated carbocycles. The van der Waals surface area contributed by atoms with E-state index in [1.54, 1.807) is 0 Å². The normalized spacial score (nSPS) is 15.0. The number of piperazine rings is 1. The van der Waals surface area contributed by atoms with Crippen LogP contribution in [0.25, 0.3) is 11.4 Å². The molecule has 2 aromatic rings. The van der Waals surface area contributed by atoms with Gasteiger partial charge < -0.3 is 25.5 Å². The Hall–Kier alpha value is -2.41. The molecule has 3 rings (SSSR count). The predicted octanol–water partition coefficient (Wildman–Crippen LogP) is 1.96. The van der Waals surface area contributed by atoms with Crippen LogP contribution in [-0.2, 0) is 0 Å². The molecule has 7 heteroatoms. The third-order valence-corrected chi connectivity index (χ3v) is 3.71. The van der Waals surface area contributed by atoms with Crippen LogP contribution >= 0.6 is 0 Å². The van der Waals surface area contributed by atoms with Crippen LogP contribution in [0, 0.1) is 5.41 Å². The molecule has 2 heterocycles. The van der Waals surface area contributed by atoms with Crippen LogP contribution < -0.4 is 15.5 Å². The van der Waals surface area contributed by atoms with Crippen molar-refractivity contribution in [3.63, 3.8) is 0 Å². The number of aromatic nitrogens is 2. The van der Waals surface area contributed by atoms with Crippen molar-refractivity contribution in [2.45, 2.75) is 19.9 Å². The molecule has 1 aromatic heterocycles. The van der Waals surface area contributed by atoms with Gasteiger partial charge in [-0.3, -0.25) is 0 Å². The third kappa shape index (κ3) is 3.50. The van der Waals surface area contributed by atoms with Gasteiger partial charge in [-0.25, -0.2) is 0 Å². The van der Waals surface area contributed by atoms with Crippen LogP contribution in [0.1, 0.15) is 19.4 Å². The van der Waals surface area contributed by atoms with Crippen molar-refractivity contribution in [1.82, 2.24) is 15.5 Å². The average molecular weight is 314 g/mol. The van der Waals surface area contributed by atoms with Gasteiger partial charge in [-0.1, -0.05) is 17.3 Å². The molecule has 1 fully saturated rings. The Bertz CT molecular complexity index is 675. The van der Waals surface area contributed by atoms with E-state index in [0.29, 0.717) is 11.8 Å². The van der Waals surface area contributed by atoms with Crippen molar-refractivity contribution in [2.75, 3.05) is 36.4 Å². The lowest BCUT2D eigenvalue weighted by atomic mass is 10.1. The second kappa shape index (κ2) is 6.78. The highest BCUT2D eigenvalue weighted by Crippen LogP contribution is 2.25. The molecule has 3 N–H and O–H groups in total. The summed E-state index contributed by atoms with van der Waals surface area (Å²) in [5.74, 6) is 0.571. The molecule has 7 nitrogen and oxygen atoms in total. The summed E-state index contributed by atoms with van der Waals surface area (Å²) in [5, 5.41) is 18.3. The molecule has 23 heavy (non-hydrogen) atoms. The number of benzene rings is 1. The van der Waals surface area contributed by atoms with Crippen molar-refractivity contribution >= 4 is 17.9 Å². The SMILES string of the molecule is CC(C)Nc1cc(-c2noc(N3CCNCC3)n2)ccc1C=N.